The minimum Gasteiger partial charge on any atom is -0.490 e. The number of benzene rings is 2. The number of fused-ring (bicyclic) bond motifs is 3. The van der Waals surface area contributed by atoms with Gasteiger partial charge in [-0.1, -0.05) is 11.6 Å². The number of nitrogens with zero attached hydrogens (tertiary/aromatic N) is 2. The van der Waals surface area contributed by atoms with Crippen LogP contribution in [0.25, 0.3) is 0 Å². The predicted molar refractivity (Wildman–Crippen MR) is 111 cm³/mol. The van der Waals surface area contributed by atoms with Gasteiger partial charge in [0.2, 0.25) is 5.91 Å². The highest BCUT2D eigenvalue weighted by Crippen LogP contribution is 2.42. The maximum atomic E-state index is 13.2. The van der Waals surface area contributed by atoms with Crippen LogP contribution in [-0.2, 0) is 11.2 Å². The third kappa shape index (κ3) is 3.53. The largest absolute Gasteiger partial charge is 0.490 e. The van der Waals surface area contributed by atoms with Crippen molar-refractivity contribution in [3.63, 3.8) is 0 Å². The van der Waals surface area contributed by atoms with E-state index in [1.807, 2.05) is 26.0 Å². The smallest absolute Gasteiger partial charge is 0.331 e. The standard InChI is InChI=1S/C22H23ClN2O4/c1-3-28-19-11-14-9-10-24-18(17(14)12-20(19)29-4-2)13-21(26)25(22(24)27)16-7-5-15(23)6-8-16/h5-8,11-12,18H,3-4,9-10,13H2,1-2H3. The van der Waals surface area contributed by atoms with Gasteiger partial charge in [-0.25, -0.2) is 9.69 Å². The Balaban J connectivity index is 1.69. The summed E-state index contributed by atoms with van der Waals surface area (Å²) < 4.78 is 11.5. The summed E-state index contributed by atoms with van der Waals surface area (Å²) in [7, 11) is 0. The molecule has 2 aliphatic rings. The molecule has 3 amide bonds. The van der Waals surface area contributed by atoms with Crippen LogP contribution < -0.4 is 14.4 Å². The lowest BCUT2D eigenvalue weighted by Crippen LogP contribution is -2.55. The number of rotatable bonds is 5. The molecule has 2 aromatic carbocycles. The molecule has 1 unspecified atom stereocenters. The first-order valence-corrected chi connectivity index (χ1v) is 10.2. The molecule has 0 spiro atoms. The van der Waals surface area contributed by atoms with Gasteiger partial charge in [0.05, 0.1) is 31.4 Å². The van der Waals surface area contributed by atoms with Crippen LogP contribution in [-0.4, -0.2) is 36.6 Å². The Hall–Kier alpha value is -2.73. The maximum Gasteiger partial charge on any atom is 0.331 e. The lowest BCUT2D eigenvalue weighted by atomic mass is 9.88. The number of hydrogen-bond donors (Lipinski definition) is 0. The lowest BCUT2D eigenvalue weighted by molar-refractivity contribution is -0.120. The van der Waals surface area contributed by atoms with Crippen molar-refractivity contribution in [1.82, 2.24) is 4.90 Å². The number of halogens is 1. The number of urea groups is 1. The number of amides is 3. The van der Waals surface area contributed by atoms with E-state index in [-0.39, 0.29) is 24.4 Å². The summed E-state index contributed by atoms with van der Waals surface area (Å²) in [5.41, 5.74) is 2.59. The molecule has 0 aromatic heterocycles. The molecule has 4 rings (SSSR count). The molecule has 1 atom stereocenters. The van der Waals surface area contributed by atoms with E-state index < -0.39 is 0 Å². The first-order valence-electron chi connectivity index (χ1n) is 9.85. The van der Waals surface area contributed by atoms with Crippen LogP contribution in [0.3, 0.4) is 0 Å². The summed E-state index contributed by atoms with van der Waals surface area (Å²) >= 11 is 5.95. The molecule has 6 nitrogen and oxygen atoms in total. The number of imide groups is 1. The zero-order chi connectivity index (χ0) is 20.5. The van der Waals surface area contributed by atoms with Gasteiger partial charge in [0.1, 0.15) is 0 Å². The van der Waals surface area contributed by atoms with Crippen molar-refractivity contribution in [2.24, 2.45) is 0 Å². The van der Waals surface area contributed by atoms with Gasteiger partial charge in [0, 0.05) is 11.6 Å². The van der Waals surface area contributed by atoms with Crippen LogP contribution in [0.4, 0.5) is 10.5 Å². The second kappa shape index (κ2) is 7.95. The van der Waals surface area contributed by atoms with Crippen molar-refractivity contribution in [1.29, 1.82) is 0 Å². The van der Waals surface area contributed by atoms with Crippen LogP contribution in [0.2, 0.25) is 5.02 Å². The second-order valence-electron chi connectivity index (χ2n) is 7.02. The zero-order valence-corrected chi connectivity index (χ0v) is 17.2. The predicted octanol–water partition coefficient (Wildman–Crippen LogP) is 4.59. The van der Waals surface area contributed by atoms with E-state index in [9.17, 15) is 9.59 Å². The normalized spacial score (nSPS) is 18.4. The van der Waals surface area contributed by atoms with Crippen LogP contribution in [0.15, 0.2) is 36.4 Å². The maximum absolute atomic E-state index is 13.2. The van der Waals surface area contributed by atoms with Crippen molar-refractivity contribution in [3.8, 4) is 11.5 Å². The molecule has 0 radical (unpaired) electrons. The Morgan fingerprint density at radius 3 is 2.34 bits per heavy atom. The summed E-state index contributed by atoms with van der Waals surface area (Å²) in [6.45, 7) is 5.45. The van der Waals surface area contributed by atoms with Crippen LogP contribution >= 0.6 is 11.6 Å². The first kappa shape index (κ1) is 19.6. The summed E-state index contributed by atoms with van der Waals surface area (Å²) in [6.07, 6.45) is 0.924. The first-order chi connectivity index (χ1) is 14.0. The number of carbonyl (C=O) groups excluding carboxylic acids is 2. The summed E-state index contributed by atoms with van der Waals surface area (Å²) in [4.78, 5) is 29.1. The van der Waals surface area contributed by atoms with Gasteiger partial charge < -0.3 is 14.4 Å². The average Bonchev–Trinajstić information content (AvgIpc) is 2.70. The fraction of sp³-hybridized carbons (Fsp3) is 0.364. The third-order valence-corrected chi connectivity index (χ3v) is 5.55. The molecule has 2 aromatic rings. The Labute approximate surface area is 174 Å². The molecule has 1 fully saturated rings. The summed E-state index contributed by atoms with van der Waals surface area (Å²) in [6, 6.07) is 10.1. The van der Waals surface area contributed by atoms with Gasteiger partial charge in [-0.15, -0.1) is 0 Å². The van der Waals surface area contributed by atoms with Crippen molar-refractivity contribution < 1.29 is 19.1 Å². The van der Waals surface area contributed by atoms with Crippen molar-refractivity contribution in [2.45, 2.75) is 32.7 Å². The lowest BCUT2D eigenvalue weighted by Gasteiger charge is -2.43. The van der Waals surface area contributed by atoms with Crippen LogP contribution in [0.1, 0.15) is 37.4 Å². The van der Waals surface area contributed by atoms with Crippen molar-refractivity contribution in [2.75, 3.05) is 24.7 Å². The van der Waals surface area contributed by atoms with E-state index in [0.717, 1.165) is 11.1 Å². The molecule has 0 N–H and O–H groups in total. The minimum absolute atomic E-state index is 0.223. The fourth-order valence-electron chi connectivity index (χ4n) is 4.03. The van der Waals surface area contributed by atoms with E-state index in [4.69, 9.17) is 21.1 Å². The molecule has 29 heavy (non-hydrogen) atoms. The Morgan fingerprint density at radius 1 is 1.03 bits per heavy atom. The molecule has 2 aliphatic heterocycles. The number of carbonyl (C=O) groups is 2. The Bertz CT molecular complexity index is 945. The quantitative estimate of drug-likeness (QED) is 0.717. The van der Waals surface area contributed by atoms with Gasteiger partial charge in [0.25, 0.3) is 0 Å². The van der Waals surface area contributed by atoms with E-state index in [0.29, 0.717) is 48.4 Å². The topological polar surface area (TPSA) is 59.1 Å². The Kier molecular flexibility index (Phi) is 5.37. The van der Waals surface area contributed by atoms with E-state index in [2.05, 4.69) is 0 Å². The van der Waals surface area contributed by atoms with Crippen LogP contribution in [0.5, 0.6) is 11.5 Å². The molecular weight excluding hydrogens is 392 g/mol. The highest BCUT2D eigenvalue weighted by Gasteiger charge is 2.43. The molecule has 7 heteroatoms. The molecule has 0 saturated carbocycles. The van der Waals surface area contributed by atoms with Gasteiger partial charge >= 0.3 is 6.03 Å². The molecular formula is C22H23ClN2O4. The van der Waals surface area contributed by atoms with E-state index >= 15 is 0 Å². The van der Waals surface area contributed by atoms with Gasteiger partial charge in [-0.3, -0.25) is 4.79 Å². The van der Waals surface area contributed by atoms with Crippen molar-refractivity contribution >= 4 is 29.2 Å². The Morgan fingerprint density at radius 2 is 1.69 bits per heavy atom. The fourth-order valence-corrected chi connectivity index (χ4v) is 4.16. The molecule has 1 saturated heterocycles. The molecule has 2 heterocycles. The number of hydrogen-bond acceptors (Lipinski definition) is 4. The second-order valence-corrected chi connectivity index (χ2v) is 7.45. The summed E-state index contributed by atoms with van der Waals surface area (Å²) in [5.74, 6) is 1.13. The third-order valence-electron chi connectivity index (χ3n) is 5.30. The summed E-state index contributed by atoms with van der Waals surface area (Å²) in [5, 5.41) is 0.559. The van der Waals surface area contributed by atoms with E-state index in [1.54, 1.807) is 29.2 Å². The van der Waals surface area contributed by atoms with Gasteiger partial charge in [-0.2, -0.15) is 0 Å². The van der Waals surface area contributed by atoms with Gasteiger partial charge in [0.15, 0.2) is 11.5 Å². The SMILES string of the molecule is CCOc1cc2c(cc1OCC)C1CC(=O)N(c3ccc(Cl)cc3)C(=O)N1CC2. The zero-order valence-electron chi connectivity index (χ0n) is 16.5. The van der Waals surface area contributed by atoms with Gasteiger partial charge in [-0.05, 0) is 67.8 Å². The van der Waals surface area contributed by atoms with Crippen molar-refractivity contribution in [3.05, 3.63) is 52.5 Å². The highest BCUT2D eigenvalue weighted by molar-refractivity contribution is 6.30. The molecule has 152 valence electrons. The number of ether oxygens (including phenoxy) is 2. The molecule has 0 aliphatic carbocycles. The molecule has 0 bridgehead atoms. The van der Waals surface area contributed by atoms with E-state index in [1.165, 1.54) is 4.90 Å². The minimum atomic E-state index is -0.300. The average molecular weight is 415 g/mol. The van der Waals surface area contributed by atoms with Crippen LogP contribution in [0, 0.1) is 0 Å². The number of anilines is 1. The monoisotopic (exact) mass is 414 g/mol. The highest BCUT2D eigenvalue weighted by atomic mass is 35.5.